The highest BCUT2D eigenvalue weighted by molar-refractivity contribution is 7.89. The molecule has 0 bridgehead atoms. The second-order valence-corrected chi connectivity index (χ2v) is 7.37. The van der Waals surface area contributed by atoms with Crippen molar-refractivity contribution in [3.63, 3.8) is 0 Å². The van der Waals surface area contributed by atoms with Gasteiger partial charge in [0.05, 0.1) is 12.0 Å². The molecule has 0 unspecified atom stereocenters. The van der Waals surface area contributed by atoms with E-state index in [0.717, 1.165) is 10.0 Å². The monoisotopic (exact) mass is 362 g/mol. The zero-order valence-corrected chi connectivity index (χ0v) is 15.4. The Bertz CT molecular complexity index is 822. The molecule has 0 aliphatic rings. The summed E-state index contributed by atoms with van der Waals surface area (Å²) >= 11 is 0. The fourth-order valence-electron chi connectivity index (χ4n) is 2.35. The van der Waals surface area contributed by atoms with Crippen LogP contribution in [-0.2, 0) is 21.4 Å². The van der Waals surface area contributed by atoms with Crippen molar-refractivity contribution >= 4 is 15.9 Å². The van der Waals surface area contributed by atoms with Gasteiger partial charge in [-0.2, -0.15) is 0 Å². The van der Waals surface area contributed by atoms with Crippen LogP contribution >= 0.6 is 0 Å². The molecule has 7 heteroatoms. The van der Waals surface area contributed by atoms with E-state index in [-0.39, 0.29) is 10.8 Å². The van der Waals surface area contributed by atoms with Gasteiger partial charge in [0.1, 0.15) is 0 Å². The largest absolute Gasteiger partial charge is 0.335 e. The fraction of sp³-hybridized carbons (Fsp3) is 0.278. The molecule has 0 spiro atoms. The molecule has 2 rings (SSSR count). The molecule has 0 N–H and O–H groups in total. The van der Waals surface area contributed by atoms with E-state index in [2.05, 4.69) is 0 Å². The summed E-state index contributed by atoms with van der Waals surface area (Å²) in [6.45, 7) is 2.87. The van der Waals surface area contributed by atoms with Gasteiger partial charge in [-0.25, -0.2) is 8.42 Å². The number of hydrogen-bond acceptors (Lipinski definition) is 4. The first-order chi connectivity index (χ1) is 11.9. The maximum atomic E-state index is 12.8. The molecule has 0 saturated heterocycles. The highest BCUT2D eigenvalue weighted by atomic mass is 32.2. The lowest BCUT2D eigenvalue weighted by atomic mass is 10.1. The van der Waals surface area contributed by atoms with Crippen LogP contribution in [0.15, 0.2) is 59.5 Å². The van der Waals surface area contributed by atoms with E-state index < -0.39 is 10.0 Å². The zero-order valence-electron chi connectivity index (χ0n) is 14.5. The molecule has 134 valence electrons. The Balaban J connectivity index is 2.28. The van der Waals surface area contributed by atoms with Gasteiger partial charge in [0.15, 0.2) is 0 Å². The lowest BCUT2D eigenvalue weighted by Crippen LogP contribution is -2.31. The lowest BCUT2D eigenvalue weighted by molar-refractivity contribution is -0.0258. The molecule has 2 aromatic carbocycles. The van der Waals surface area contributed by atoms with E-state index in [1.54, 1.807) is 17.0 Å². The number of rotatable bonds is 7. The quantitative estimate of drug-likeness (QED) is 0.710. The molecule has 0 fully saturated rings. The third-order valence-corrected chi connectivity index (χ3v) is 5.54. The van der Waals surface area contributed by atoms with Gasteiger partial charge < -0.3 is 4.90 Å². The SMILES string of the molecule is CCN(Cc1ccccc1)C(=O)c1cccc(S(=O)(=O)N(C)OC)c1. The van der Waals surface area contributed by atoms with Gasteiger partial charge in [-0.15, -0.1) is 0 Å². The molecule has 0 aliphatic carbocycles. The van der Waals surface area contributed by atoms with Gasteiger partial charge in [0.2, 0.25) is 0 Å². The van der Waals surface area contributed by atoms with Crippen LogP contribution in [-0.4, -0.2) is 44.4 Å². The number of sulfonamides is 1. The number of carbonyl (C=O) groups is 1. The molecule has 0 radical (unpaired) electrons. The number of carbonyl (C=O) groups excluding carboxylic acids is 1. The first-order valence-corrected chi connectivity index (χ1v) is 9.30. The van der Waals surface area contributed by atoms with Gasteiger partial charge in [-0.1, -0.05) is 40.9 Å². The van der Waals surface area contributed by atoms with Gasteiger partial charge >= 0.3 is 0 Å². The summed E-state index contributed by atoms with van der Waals surface area (Å²) in [6, 6.07) is 15.6. The van der Waals surface area contributed by atoms with Gasteiger partial charge in [0.25, 0.3) is 15.9 Å². The van der Waals surface area contributed by atoms with E-state index >= 15 is 0 Å². The fourth-order valence-corrected chi connectivity index (χ4v) is 3.37. The molecule has 0 saturated carbocycles. The highest BCUT2D eigenvalue weighted by Gasteiger charge is 2.23. The van der Waals surface area contributed by atoms with Crippen LogP contribution in [0.2, 0.25) is 0 Å². The summed E-state index contributed by atoms with van der Waals surface area (Å²) in [7, 11) is -1.22. The van der Waals surface area contributed by atoms with Crippen LogP contribution in [0.5, 0.6) is 0 Å². The highest BCUT2D eigenvalue weighted by Crippen LogP contribution is 2.18. The number of amides is 1. The Labute approximate surface area is 148 Å². The molecule has 0 aliphatic heterocycles. The summed E-state index contributed by atoms with van der Waals surface area (Å²) in [5.74, 6) is -0.219. The van der Waals surface area contributed by atoms with Crippen molar-refractivity contribution < 1.29 is 18.0 Å². The first kappa shape index (κ1) is 19.1. The van der Waals surface area contributed by atoms with Crippen molar-refractivity contribution in [2.45, 2.75) is 18.4 Å². The number of benzene rings is 2. The van der Waals surface area contributed by atoms with Crippen molar-refractivity contribution in [3.05, 3.63) is 65.7 Å². The predicted molar refractivity (Wildman–Crippen MR) is 95.3 cm³/mol. The normalized spacial score (nSPS) is 11.5. The van der Waals surface area contributed by atoms with Crippen molar-refractivity contribution in [1.82, 2.24) is 9.37 Å². The van der Waals surface area contributed by atoms with E-state index in [0.29, 0.717) is 18.7 Å². The van der Waals surface area contributed by atoms with Crippen molar-refractivity contribution in [3.8, 4) is 0 Å². The van der Waals surface area contributed by atoms with E-state index in [9.17, 15) is 13.2 Å². The second-order valence-electron chi connectivity index (χ2n) is 5.43. The molecule has 6 nitrogen and oxygen atoms in total. The summed E-state index contributed by atoms with van der Waals surface area (Å²) in [5.41, 5.74) is 1.34. The summed E-state index contributed by atoms with van der Waals surface area (Å²) in [4.78, 5) is 19.2. The minimum absolute atomic E-state index is 0.0125. The lowest BCUT2D eigenvalue weighted by Gasteiger charge is -2.21. The third-order valence-electron chi connectivity index (χ3n) is 3.86. The van der Waals surface area contributed by atoms with Crippen molar-refractivity contribution in [1.29, 1.82) is 0 Å². The van der Waals surface area contributed by atoms with Crippen LogP contribution in [0.25, 0.3) is 0 Å². The Morgan fingerprint density at radius 3 is 2.36 bits per heavy atom. The number of hydrogen-bond donors (Lipinski definition) is 0. The maximum absolute atomic E-state index is 12.8. The van der Waals surface area contributed by atoms with Crippen LogP contribution in [0.4, 0.5) is 0 Å². The number of hydroxylamine groups is 1. The van der Waals surface area contributed by atoms with E-state index in [1.165, 1.54) is 26.3 Å². The van der Waals surface area contributed by atoms with Crippen LogP contribution < -0.4 is 0 Å². The number of nitrogens with zero attached hydrogens (tertiary/aromatic N) is 2. The third kappa shape index (κ3) is 4.45. The van der Waals surface area contributed by atoms with Crippen molar-refractivity contribution in [2.24, 2.45) is 0 Å². The smallest absolute Gasteiger partial charge is 0.264 e. The minimum Gasteiger partial charge on any atom is -0.335 e. The molecule has 1 amide bonds. The predicted octanol–water partition coefficient (Wildman–Crippen LogP) is 2.53. The first-order valence-electron chi connectivity index (χ1n) is 7.86. The van der Waals surface area contributed by atoms with Gasteiger partial charge in [-0.3, -0.25) is 9.63 Å². The van der Waals surface area contributed by atoms with E-state index in [4.69, 9.17) is 4.84 Å². The van der Waals surface area contributed by atoms with E-state index in [1.807, 2.05) is 37.3 Å². The summed E-state index contributed by atoms with van der Waals surface area (Å²) in [6.07, 6.45) is 0. The van der Waals surface area contributed by atoms with Crippen LogP contribution in [0, 0.1) is 0 Å². The van der Waals surface area contributed by atoms with Gasteiger partial charge in [-0.05, 0) is 30.7 Å². The molecule has 0 heterocycles. The summed E-state index contributed by atoms with van der Waals surface area (Å²) < 4.78 is 25.5. The Kier molecular flexibility index (Phi) is 6.30. The average molecular weight is 362 g/mol. The molecule has 0 aromatic heterocycles. The van der Waals surface area contributed by atoms with Crippen LogP contribution in [0.3, 0.4) is 0 Å². The summed E-state index contributed by atoms with van der Waals surface area (Å²) in [5, 5.41) is 0. The zero-order chi connectivity index (χ0) is 18.4. The molecule has 0 atom stereocenters. The maximum Gasteiger partial charge on any atom is 0.264 e. The Hall–Kier alpha value is -2.22. The minimum atomic E-state index is -3.80. The average Bonchev–Trinajstić information content (AvgIpc) is 2.65. The van der Waals surface area contributed by atoms with Gasteiger partial charge in [0, 0.05) is 25.7 Å². The molecular formula is C18H22N2O4S. The standard InChI is InChI=1S/C18H22N2O4S/c1-4-20(14-15-9-6-5-7-10-15)18(21)16-11-8-12-17(13-16)25(22,23)19(2)24-3/h5-13H,4,14H2,1-3H3. The molecular weight excluding hydrogens is 340 g/mol. The molecule has 2 aromatic rings. The Morgan fingerprint density at radius 2 is 1.76 bits per heavy atom. The second kappa shape index (κ2) is 8.24. The van der Waals surface area contributed by atoms with Crippen LogP contribution in [0.1, 0.15) is 22.8 Å². The molecule has 25 heavy (non-hydrogen) atoms. The van der Waals surface area contributed by atoms with Crippen molar-refractivity contribution in [2.75, 3.05) is 20.7 Å². The Morgan fingerprint density at radius 1 is 1.08 bits per heavy atom. The topological polar surface area (TPSA) is 66.9 Å².